The molecule has 5 nitrogen and oxygen atoms in total. The Morgan fingerprint density at radius 2 is 2.04 bits per heavy atom. The van der Waals surface area contributed by atoms with Crippen LogP contribution in [0.2, 0.25) is 0 Å². The molecule has 1 N–H and O–H groups in total. The lowest BCUT2D eigenvalue weighted by Crippen LogP contribution is -2.11. The molecule has 1 unspecified atom stereocenters. The second kappa shape index (κ2) is 5.63. The van der Waals surface area contributed by atoms with Crippen LogP contribution in [-0.4, -0.2) is 25.1 Å². The van der Waals surface area contributed by atoms with Crippen LogP contribution in [0.1, 0.15) is 21.6 Å². The van der Waals surface area contributed by atoms with Gasteiger partial charge in [0.25, 0.3) is 0 Å². The molecular weight excluding hydrogens is 343 g/mol. The number of aromatic nitrogens is 2. The summed E-state index contributed by atoms with van der Waals surface area (Å²) in [7, 11) is -1.35. The van der Waals surface area contributed by atoms with Crippen molar-refractivity contribution in [3.05, 3.63) is 65.1 Å². The number of benzene rings is 2. The molecule has 0 spiro atoms. The number of carboxylic acid groups (broad SMARTS) is 1. The standard InChI is InChI=1S/C18H13FN2O3S/c1-10-6-7-11(19)8-14(10)21-17-12-4-2-3-5-15(12)25(24)9-13(17)16(20-21)18(22)23/h2-8H,9H2,1H3,(H,22,23). The minimum atomic E-state index is -1.35. The van der Waals surface area contributed by atoms with Crippen LogP contribution in [0.15, 0.2) is 47.4 Å². The van der Waals surface area contributed by atoms with Crippen LogP contribution in [0.3, 0.4) is 0 Å². The molecule has 0 radical (unpaired) electrons. The Bertz CT molecular complexity index is 1060. The minimum Gasteiger partial charge on any atom is -0.476 e. The second-order valence-corrected chi connectivity index (χ2v) is 7.23. The highest BCUT2D eigenvalue weighted by Crippen LogP contribution is 2.39. The fourth-order valence-corrected chi connectivity index (χ4v) is 4.42. The lowest BCUT2D eigenvalue weighted by atomic mass is 10.1. The first-order chi connectivity index (χ1) is 12.0. The Hall–Kier alpha value is -2.80. The molecule has 2 aromatic carbocycles. The molecule has 25 heavy (non-hydrogen) atoms. The van der Waals surface area contributed by atoms with E-state index < -0.39 is 22.6 Å². The first kappa shape index (κ1) is 15.7. The summed E-state index contributed by atoms with van der Waals surface area (Å²) in [6.45, 7) is 1.80. The SMILES string of the molecule is Cc1ccc(F)cc1-n1nc(C(=O)O)c2c1-c1ccccc1S(=O)C2. The van der Waals surface area contributed by atoms with Crippen molar-refractivity contribution in [2.24, 2.45) is 0 Å². The molecule has 4 rings (SSSR count). The number of nitrogens with zero attached hydrogens (tertiary/aromatic N) is 2. The fourth-order valence-electron chi connectivity index (χ4n) is 3.09. The molecule has 126 valence electrons. The van der Waals surface area contributed by atoms with Gasteiger partial charge in [-0.25, -0.2) is 13.9 Å². The maximum Gasteiger partial charge on any atom is 0.356 e. The highest BCUT2D eigenvalue weighted by Gasteiger charge is 2.32. The van der Waals surface area contributed by atoms with Gasteiger partial charge in [0.1, 0.15) is 5.82 Å². The summed E-state index contributed by atoms with van der Waals surface area (Å²) in [5.41, 5.74) is 2.70. The van der Waals surface area contributed by atoms with Gasteiger partial charge in [0.05, 0.1) is 27.9 Å². The number of fused-ring (bicyclic) bond motifs is 3. The third-order valence-electron chi connectivity index (χ3n) is 4.25. The van der Waals surface area contributed by atoms with Gasteiger partial charge in [0.15, 0.2) is 5.69 Å². The summed E-state index contributed by atoms with van der Waals surface area (Å²) >= 11 is 0. The maximum atomic E-state index is 13.8. The number of carbonyl (C=O) groups is 1. The van der Waals surface area contributed by atoms with Crippen LogP contribution in [0.25, 0.3) is 16.9 Å². The first-order valence-corrected chi connectivity index (χ1v) is 8.88. The van der Waals surface area contributed by atoms with E-state index in [9.17, 15) is 18.5 Å². The third kappa shape index (κ3) is 2.39. The average molecular weight is 356 g/mol. The van der Waals surface area contributed by atoms with E-state index >= 15 is 0 Å². The van der Waals surface area contributed by atoms with Crippen molar-refractivity contribution in [1.29, 1.82) is 0 Å². The van der Waals surface area contributed by atoms with Gasteiger partial charge in [-0.1, -0.05) is 24.3 Å². The molecule has 0 aliphatic carbocycles. The first-order valence-electron chi connectivity index (χ1n) is 7.57. The highest BCUT2D eigenvalue weighted by atomic mass is 32.2. The van der Waals surface area contributed by atoms with Crippen molar-refractivity contribution in [1.82, 2.24) is 9.78 Å². The Morgan fingerprint density at radius 1 is 1.28 bits per heavy atom. The smallest absolute Gasteiger partial charge is 0.356 e. The zero-order chi connectivity index (χ0) is 17.7. The molecule has 0 fully saturated rings. The molecule has 1 aliphatic rings. The number of aromatic carboxylic acids is 1. The summed E-state index contributed by atoms with van der Waals surface area (Å²) < 4.78 is 27.7. The largest absolute Gasteiger partial charge is 0.476 e. The summed E-state index contributed by atoms with van der Waals surface area (Å²) in [6, 6.07) is 11.4. The normalized spacial score (nSPS) is 15.5. The Morgan fingerprint density at radius 3 is 2.80 bits per heavy atom. The van der Waals surface area contributed by atoms with Crippen LogP contribution < -0.4 is 0 Å². The van der Waals surface area contributed by atoms with Crippen LogP contribution in [0, 0.1) is 12.7 Å². The molecule has 0 saturated carbocycles. The van der Waals surface area contributed by atoms with Gasteiger partial charge in [0.2, 0.25) is 0 Å². The summed E-state index contributed by atoms with van der Waals surface area (Å²) in [4.78, 5) is 12.3. The predicted octanol–water partition coefficient (Wildman–Crippen LogP) is 3.31. The van der Waals surface area contributed by atoms with Crippen LogP contribution in [0.5, 0.6) is 0 Å². The summed E-state index contributed by atoms with van der Waals surface area (Å²) in [5, 5.41) is 13.7. The molecule has 0 saturated heterocycles. The number of halogens is 1. The number of hydrogen-bond donors (Lipinski definition) is 1. The van der Waals surface area contributed by atoms with Gasteiger partial charge in [0, 0.05) is 16.0 Å². The van der Waals surface area contributed by atoms with E-state index in [4.69, 9.17) is 0 Å². The molecule has 0 bridgehead atoms. The molecular formula is C18H13FN2O3S. The second-order valence-electron chi connectivity index (χ2n) is 5.81. The van der Waals surface area contributed by atoms with Crippen molar-refractivity contribution in [2.75, 3.05) is 0 Å². The number of aryl methyl sites for hydroxylation is 1. The summed E-state index contributed by atoms with van der Waals surface area (Å²) in [5.74, 6) is -1.56. The van der Waals surface area contributed by atoms with Gasteiger partial charge in [-0.2, -0.15) is 5.10 Å². The van der Waals surface area contributed by atoms with Crippen molar-refractivity contribution >= 4 is 16.8 Å². The van der Waals surface area contributed by atoms with Crippen LogP contribution >= 0.6 is 0 Å². The van der Waals surface area contributed by atoms with Crippen LogP contribution in [-0.2, 0) is 16.6 Å². The van der Waals surface area contributed by atoms with Gasteiger partial charge in [-0.05, 0) is 30.7 Å². The third-order valence-corrected chi connectivity index (χ3v) is 5.65. The van der Waals surface area contributed by atoms with Crippen molar-refractivity contribution in [3.8, 4) is 16.9 Å². The molecule has 7 heteroatoms. The zero-order valence-electron chi connectivity index (χ0n) is 13.2. The van der Waals surface area contributed by atoms with Gasteiger partial charge >= 0.3 is 5.97 Å². The lowest BCUT2D eigenvalue weighted by Gasteiger charge is -2.18. The number of rotatable bonds is 2. The van der Waals surface area contributed by atoms with E-state index in [1.807, 2.05) is 0 Å². The number of hydrogen-bond acceptors (Lipinski definition) is 3. The van der Waals surface area contributed by atoms with Crippen molar-refractivity contribution < 1.29 is 18.5 Å². The average Bonchev–Trinajstić information content (AvgIpc) is 2.97. The molecule has 1 aromatic heterocycles. The maximum absolute atomic E-state index is 13.8. The van der Waals surface area contributed by atoms with E-state index in [1.54, 1.807) is 37.3 Å². The van der Waals surface area contributed by atoms with Crippen LogP contribution in [0.4, 0.5) is 4.39 Å². The Labute approximate surface area is 145 Å². The minimum absolute atomic E-state index is 0.0718. The Balaban J connectivity index is 2.10. The van der Waals surface area contributed by atoms with E-state index in [0.717, 1.165) is 5.56 Å². The van der Waals surface area contributed by atoms with Gasteiger partial charge < -0.3 is 5.11 Å². The topological polar surface area (TPSA) is 72.2 Å². The highest BCUT2D eigenvalue weighted by molar-refractivity contribution is 7.84. The quantitative estimate of drug-likeness (QED) is 0.765. The van der Waals surface area contributed by atoms with Gasteiger partial charge in [-0.15, -0.1) is 0 Å². The monoisotopic (exact) mass is 356 g/mol. The Kier molecular flexibility index (Phi) is 3.54. The number of carboxylic acids is 1. The van der Waals surface area contributed by atoms with Crippen molar-refractivity contribution in [2.45, 2.75) is 17.6 Å². The molecule has 3 aromatic rings. The molecule has 0 amide bonds. The molecule has 2 heterocycles. The zero-order valence-corrected chi connectivity index (χ0v) is 14.0. The predicted molar refractivity (Wildman–Crippen MR) is 90.8 cm³/mol. The summed E-state index contributed by atoms with van der Waals surface area (Å²) in [6.07, 6.45) is 0. The van der Waals surface area contributed by atoms with E-state index in [-0.39, 0.29) is 11.4 Å². The van der Waals surface area contributed by atoms with Gasteiger partial charge in [-0.3, -0.25) is 4.21 Å². The fraction of sp³-hybridized carbons (Fsp3) is 0.111. The van der Waals surface area contributed by atoms with Crippen molar-refractivity contribution in [3.63, 3.8) is 0 Å². The lowest BCUT2D eigenvalue weighted by molar-refractivity contribution is 0.0689. The molecule has 1 atom stereocenters. The van der Waals surface area contributed by atoms with E-state index in [0.29, 0.717) is 27.4 Å². The molecule has 1 aliphatic heterocycles. The van der Waals surface area contributed by atoms with E-state index in [2.05, 4.69) is 5.10 Å². The van der Waals surface area contributed by atoms with E-state index in [1.165, 1.54) is 16.8 Å².